The Balaban J connectivity index is 0.00000341. The quantitative estimate of drug-likeness (QED) is 0.309. The third kappa shape index (κ3) is 8.05. The van der Waals surface area contributed by atoms with Crippen LogP contribution in [0.2, 0.25) is 0 Å². The molecule has 3 rings (SSSR count). The molecule has 31 heavy (non-hydrogen) atoms. The van der Waals surface area contributed by atoms with E-state index in [1.807, 2.05) is 4.90 Å². The first-order chi connectivity index (χ1) is 14.5. The first-order valence-corrected chi connectivity index (χ1v) is 11.3. The molecule has 2 amide bonds. The molecule has 0 saturated carbocycles. The van der Waals surface area contributed by atoms with Crippen LogP contribution in [0, 0.1) is 5.92 Å². The van der Waals surface area contributed by atoms with E-state index >= 15 is 0 Å². The van der Waals surface area contributed by atoms with E-state index in [-0.39, 0.29) is 54.4 Å². The molecule has 3 heterocycles. The normalized spacial score (nSPS) is 23.2. The van der Waals surface area contributed by atoms with Gasteiger partial charge in [0.25, 0.3) is 0 Å². The maximum atomic E-state index is 12.8. The minimum absolute atomic E-state index is 0. The number of nitrogens with zero attached hydrogens (tertiary/aromatic N) is 4. The van der Waals surface area contributed by atoms with Crippen LogP contribution in [0.1, 0.15) is 32.1 Å². The largest absolute Gasteiger partial charge is 0.378 e. The Labute approximate surface area is 202 Å². The van der Waals surface area contributed by atoms with Gasteiger partial charge in [0.05, 0.1) is 19.3 Å². The van der Waals surface area contributed by atoms with E-state index in [1.165, 1.54) is 6.42 Å². The van der Waals surface area contributed by atoms with E-state index in [1.54, 1.807) is 19.0 Å². The number of guanidine groups is 1. The summed E-state index contributed by atoms with van der Waals surface area (Å²) in [5, 5.41) is 3.43. The van der Waals surface area contributed by atoms with Crippen LogP contribution in [0.5, 0.6) is 0 Å². The van der Waals surface area contributed by atoms with Crippen LogP contribution >= 0.6 is 24.0 Å². The Morgan fingerprint density at radius 1 is 1.00 bits per heavy atom. The summed E-state index contributed by atoms with van der Waals surface area (Å²) in [6.45, 7) is 5.80. The molecule has 9 nitrogen and oxygen atoms in total. The van der Waals surface area contributed by atoms with Crippen LogP contribution in [-0.4, -0.2) is 112 Å². The number of amides is 2. The van der Waals surface area contributed by atoms with Gasteiger partial charge in [-0.15, -0.1) is 24.0 Å². The van der Waals surface area contributed by atoms with Crippen molar-refractivity contribution in [3.63, 3.8) is 0 Å². The summed E-state index contributed by atoms with van der Waals surface area (Å²) in [5.41, 5.74) is 0. The number of morpholine rings is 1. The molecule has 0 aliphatic carbocycles. The van der Waals surface area contributed by atoms with E-state index < -0.39 is 0 Å². The summed E-state index contributed by atoms with van der Waals surface area (Å²) in [6.07, 6.45) is 5.16. The summed E-state index contributed by atoms with van der Waals surface area (Å²) >= 11 is 0. The molecule has 1 N–H and O–H groups in total. The van der Waals surface area contributed by atoms with Gasteiger partial charge in [-0.1, -0.05) is 0 Å². The number of aliphatic imine (C=N–C) groups is 1. The zero-order valence-corrected chi connectivity index (χ0v) is 21.2. The lowest BCUT2D eigenvalue weighted by atomic mass is 9.95. The van der Waals surface area contributed by atoms with Crippen molar-refractivity contribution >= 4 is 41.8 Å². The van der Waals surface area contributed by atoms with Crippen LogP contribution in [0.15, 0.2) is 4.99 Å². The maximum absolute atomic E-state index is 12.8. The molecular formula is C21H38IN5O4. The second-order valence-electron chi connectivity index (χ2n) is 8.50. The first-order valence-electron chi connectivity index (χ1n) is 11.3. The van der Waals surface area contributed by atoms with Crippen molar-refractivity contribution in [3.8, 4) is 0 Å². The number of nitrogens with one attached hydrogen (secondary N) is 1. The molecule has 0 bridgehead atoms. The van der Waals surface area contributed by atoms with Gasteiger partial charge in [-0.2, -0.15) is 0 Å². The van der Waals surface area contributed by atoms with E-state index in [0.717, 1.165) is 51.3 Å². The predicted molar refractivity (Wildman–Crippen MR) is 130 cm³/mol. The standard InChI is InChI=1S/C21H37N5O4.HI/c1-24(2)19(27)16-23-21(22-15-18-5-3-4-12-30-18)26-8-6-17(7-9-26)20(28)25-10-13-29-14-11-25;/h17-18H,3-16H2,1-2H3,(H,22,23);1H. The minimum Gasteiger partial charge on any atom is -0.378 e. The molecule has 3 aliphatic rings. The van der Waals surface area contributed by atoms with Crippen LogP contribution in [0.4, 0.5) is 0 Å². The smallest absolute Gasteiger partial charge is 0.243 e. The molecule has 0 aromatic rings. The lowest BCUT2D eigenvalue weighted by molar-refractivity contribution is -0.140. The molecule has 1 atom stereocenters. The van der Waals surface area contributed by atoms with Crippen LogP contribution < -0.4 is 5.32 Å². The fourth-order valence-electron chi connectivity index (χ4n) is 4.11. The van der Waals surface area contributed by atoms with Gasteiger partial charge in [0, 0.05) is 59.3 Å². The number of carbonyl (C=O) groups is 2. The van der Waals surface area contributed by atoms with Gasteiger partial charge in [0.1, 0.15) is 6.54 Å². The Morgan fingerprint density at radius 3 is 2.32 bits per heavy atom. The molecule has 0 aromatic heterocycles. The van der Waals surface area contributed by atoms with Crippen LogP contribution in [0.3, 0.4) is 0 Å². The highest BCUT2D eigenvalue weighted by Gasteiger charge is 2.30. The van der Waals surface area contributed by atoms with Crippen molar-refractivity contribution in [2.24, 2.45) is 10.9 Å². The summed E-state index contributed by atoms with van der Waals surface area (Å²) in [4.78, 5) is 35.1. The van der Waals surface area contributed by atoms with Gasteiger partial charge < -0.3 is 29.5 Å². The van der Waals surface area contributed by atoms with E-state index in [4.69, 9.17) is 9.47 Å². The van der Waals surface area contributed by atoms with Crippen molar-refractivity contribution in [3.05, 3.63) is 0 Å². The zero-order valence-electron chi connectivity index (χ0n) is 18.9. The fraction of sp³-hybridized carbons (Fsp3) is 0.857. The van der Waals surface area contributed by atoms with Gasteiger partial charge in [-0.25, -0.2) is 4.99 Å². The van der Waals surface area contributed by atoms with Crippen LogP contribution in [0.25, 0.3) is 0 Å². The van der Waals surface area contributed by atoms with E-state index in [2.05, 4.69) is 15.2 Å². The van der Waals surface area contributed by atoms with Crippen molar-refractivity contribution in [1.82, 2.24) is 20.0 Å². The molecule has 3 saturated heterocycles. The maximum Gasteiger partial charge on any atom is 0.243 e. The molecular weight excluding hydrogens is 513 g/mol. The summed E-state index contributed by atoms with van der Waals surface area (Å²) in [5.74, 6) is 1.03. The Hall–Kier alpha value is -1.14. The van der Waals surface area contributed by atoms with Gasteiger partial charge in [-0.05, 0) is 32.1 Å². The third-order valence-electron chi connectivity index (χ3n) is 6.09. The molecule has 3 fully saturated rings. The summed E-state index contributed by atoms with van der Waals surface area (Å²) in [7, 11) is 3.48. The van der Waals surface area contributed by atoms with Gasteiger partial charge in [-0.3, -0.25) is 9.59 Å². The van der Waals surface area contributed by atoms with Crippen molar-refractivity contribution in [1.29, 1.82) is 0 Å². The van der Waals surface area contributed by atoms with Gasteiger partial charge in [0.2, 0.25) is 11.8 Å². The molecule has 0 radical (unpaired) electrons. The van der Waals surface area contributed by atoms with E-state index in [9.17, 15) is 9.59 Å². The average molecular weight is 551 g/mol. The number of likely N-dealkylation sites (tertiary alicyclic amines) is 1. The number of piperidine rings is 1. The molecule has 0 spiro atoms. The Bertz CT molecular complexity index is 599. The highest BCUT2D eigenvalue weighted by Crippen LogP contribution is 2.21. The predicted octanol–water partition coefficient (Wildman–Crippen LogP) is 0.778. The molecule has 3 aliphatic heterocycles. The van der Waals surface area contributed by atoms with Crippen molar-refractivity contribution in [2.75, 3.05) is 73.2 Å². The molecule has 178 valence electrons. The zero-order chi connectivity index (χ0) is 21.3. The Kier molecular flexibility index (Phi) is 11.3. The number of ether oxygens (including phenoxy) is 2. The number of hydrogen-bond donors (Lipinski definition) is 1. The minimum atomic E-state index is -0.0272. The average Bonchev–Trinajstić information content (AvgIpc) is 2.80. The Morgan fingerprint density at radius 2 is 1.71 bits per heavy atom. The first kappa shape index (κ1) is 26.1. The molecule has 10 heteroatoms. The number of hydrogen-bond acceptors (Lipinski definition) is 5. The summed E-state index contributed by atoms with van der Waals surface area (Å²) in [6, 6.07) is 0. The van der Waals surface area contributed by atoms with Crippen molar-refractivity contribution in [2.45, 2.75) is 38.2 Å². The molecule has 1 unspecified atom stereocenters. The number of halogens is 1. The highest BCUT2D eigenvalue weighted by atomic mass is 127. The highest BCUT2D eigenvalue weighted by molar-refractivity contribution is 14.0. The second kappa shape index (κ2) is 13.4. The van der Waals surface area contributed by atoms with E-state index in [0.29, 0.717) is 32.8 Å². The summed E-state index contributed by atoms with van der Waals surface area (Å²) < 4.78 is 11.2. The third-order valence-corrected chi connectivity index (χ3v) is 6.09. The monoisotopic (exact) mass is 551 g/mol. The van der Waals surface area contributed by atoms with Crippen LogP contribution in [-0.2, 0) is 19.1 Å². The second-order valence-corrected chi connectivity index (χ2v) is 8.50. The fourth-order valence-corrected chi connectivity index (χ4v) is 4.11. The number of rotatable bonds is 5. The lowest BCUT2D eigenvalue weighted by Gasteiger charge is -2.37. The topological polar surface area (TPSA) is 86.7 Å². The number of likely N-dealkylation sites (N-methyl/N-ethyl adjacent to an activating group) is 1. The lowest BCUT2D eigenvalue weighted by Crippen LogP contribution is -2.51. The van der Waals surface area contributed by atoms with Crippen molar-refractivity contribution < 1.29 is 19.1 Å². The van der Waals surface area contributed by atoms with Gasteiger partial charge >= 0.3 is 0 Å². The number of carbonyl (C=O) groups excluding carboxylic acids is 2. The van der Waals surface area contributed by atoms with Gasteiger partial charge in [0.15, 0.2) is 5.96 Å². The molecule has 0 aromatic carbocycles. The SMILES string of the molecule is CN(C)C(=O)CN=C(NCC1CCCCO1)N1CCC(C(=O)N2CCOCC2)CC1.I.